The molecule has 0 fully saturated rings. The van der Waals surface area contributed by atoms with Crippen molar-refractivity contribution < 1.29 is 9.21 Å². The SMILES string of the molecule is CCCCCC(C)NC(=O)c1coc(CCN)n1. The van der Waals surface area contributed by atoms with Gasteiger partial charge in [-0.1, -0.05) is 26.2 Å². The second-order valence-corrected chi connectivity index (χ2v) is 4.54. The molecule has 0 saturated heterocycles. The number of hydrogen-bond donors (Lipinski definition) is 2. The Hall–Kier alpha value is -1.36. The van der Waals surface area contributed by atoms with Crippen molar-refractivity contribution >= 4 is 5.91 Å². The standard InChI is InChI=1S/C13H23N3O2/c1-3-4-5-6-10(2)15-13(17)11-9-18-12(16-11)7-8-14/h9-10H,3-8,14H2,1-2H3,(H,15,17). The first-order chi connectivity index (χ1) is 8.67. The molecule has 0 saturated carbocycles. The third kappa shape index (κ3) is 4.87. The van der Waals surface area contributed by atoms with Crippen molar-refractivity contribution in [3.63, 3.8) is 0 Å². The van der Waals surface area contributed by atoms with Gasteiger partial charge in [-0.2, -0.15) is 0 Å². The van der Waals surface area contributed by atoms with Crippen molar-refractivity contribution in [2.75, 3.05) is 6.54 Å². The number of nitrogens with one attached hydrogen (secondary N) is 1. The molecule has 5 nitrogen and oxygen atoms in total. The molecule has 18 heavy (non-hydrogen) atoms. The van der Waals surface area contributed by atoms with E-state index in [1.165, 1.54) is 19.1 Å². The van der Waals surface area contributed by atoms with Crippen LogP contribution in [0.4, 0.5) is 0 Å². The first-order valence-corrected chi connectivity index (χ1v) is 6.62. The van der Waals surface area contributed by atoms with Crippen molar-refractivity contribution in [1.29, 1.82) is 0 Å². The molecule has 3 N–H and O–H groups in total. The van der Waals surface area contributed by atoms with E-state index in [0.717, 1.165) is 12.8 Å². The number of oxazole rings is 1. The molecule has 102 valence electrons. The van der Waals surface area contributed by atoms with Gasteiger partial charge in [-0.25, -0.2) is 4.98 Å². The number of hydrogen-bond acceptors (Lipinski definition) is 4. The van der Waals surface area contributed by atoms with Crippen LogP contribution in [0.5, 0.6) is 0 Å². The molecule has 0 radical (unpaired) electrons. The summed E-state index contributed by atoms with van der Waals surface area (Å²) < 4.78 is 5.15. The fourth-order valence-corrected chi connectivity index (χ4v) is 1.72. The summed E-state index contributed by atoms with van der Waals surface area (Å²) in [7, 11) is 0. The summed E-state index contributed by atoms with van der Waals surface area (Å²) in [5.41, 5.74) is 5.73. The van der Waals surface area contributed by atoms with E-state index in [2.05, 4.69) is 17.2 Å². The topological polar surface area (TPSA) is 81.2 Å². The summed E-state index contributed by atoms with van der Waals surface area (Å²) >= 11 is 0. The molecule has 1 atom stereocenters. The van der Waals surface area contributed by atoms with E-state index in [-0.39, 0.29) is 11.9 Å². The average Bonchev–Trinajstić information content (AvgIpc) is 2.78. The molecule has 0 bridgehead atoms. The van der Waals surface area contributed by atoms with E-state index in [9.17, 15) is 4.79 Å². The fraction of sp³-hybridized carbons (Fsp3) is 0.692. The zero-order valence-corrected chi connectivity index (χ0v) is 11.2. The van der Waals surface area contributed by atoms with Gasteiger partial charge in [0.25, 0.3) is 5.91 Å². The lowest BCUT2D eigenvalue weighted by molar-refractivity contribution is 0.0933. The van der Waals surface area contributed by atoms with E-state index in [4.69, 9.17) is 10.2 Å². The second-order valence-electron chi connectivity index (χ2n) is 4.54. The van der Waals surface area contributed by atoms with Crippen LogP contribution in [0.15, 0.2) is 10.7 Å². The quantitative estimate of drug-likeness (QED) is 0.693. The zero-order valence-electron chi connectivity index (χ0n) is 11.2. The van der Waals surface area contributed by atoms with Crippen molar-refractivity contribution in [3.8, 4) is 0 Å². The molecule has 1 unspecified atom stereocenters. The third-order valence-corrected chi connectivity index (χ3v) is 2.76. The summed E-state index contributed by atoms with van der Waals surface area (Å²) in [6.07, 6.45) is 6.46. The number of rotatable bonds is 8. The first kappa shape index (κ1) is 14.7. The maximum Gasteiger partial charge on any atom is 0.273 e. The van der Waals surface area contributed by atoms with Crippen LogP contribution in [-0.4, -0.2) is 23.5 Å². The molecule has 1 amide bonds. The highest BCUT2D eigenvalue weighted by Crippen LogP contribution is 2.06. The number of aromatic nitrogens is 1. The minimum absolute atomic E-state index is 0.165. The van der Waals surface area contributed by atoms with Crippen LogP contribution in [0.3, 0.4) is 0 Å². The van der Waals surface area contributed by atoms with Crippen LogP contribution in [0.1, 0.15) is 55.9 Å². The Morgan fingerprint density at radius 2 is 2.33 bits per heavy atom. The first-order valence-electron chi connectivity index (χ1n) is 6.62. The summed E-state index contributed by atoms with van der Waals surface area (Å²) in [6, 6.07) is 0.165. The van der Waals surface area contributed by atoms with E-state index in [0.29, 0.717) is 24.6 Å². The normalized spacial score (nSPS) is 12.4. The number of carbonyl (C=O) groups is 1. The minimum atomic E-state index is -0.175. The molecule has 0 aliphatic rings. The highest BCUT2D eigenvalue weighted by Gasteiger charge is 2.14. The van der Waals surface area contributed by atoms with Crippen molar-refractivity contribution in [3.05, 3.63) is 17.8 Å². The largest absolute Gasteiger partial charge is 0.448 e. The zero-order chi connectivity index (χ0) is 13.4. The maximum absolute atomic E-state index is 11.8. The maximum atomic E-state index is 11.8. The monoisotopic (exact) mass is 253 g/mol. The highest BCUT2D eigenvalue weighted by atomic mass is 16.3. The average molecular weight is 253 g/mol. The van der Waals surface area contributed by atoms with Gasteiger partial charge in [0, 0.05) is 19.0 Å². The number of carbonyl (C=O) groups excluding carboxylic acids is 1. The van der Waals surface area contributed by atoms with Gasteiger partial charge in [-0.15, -0.1) is 0 Å². The Bertz CT molecular complexity index is 363. The Kier molecular flexibility index (Phi) is 6.43. The van der Waals surface area contributed by atoms with Gasteiger partial charge in [-0.3, -0.25) is 4.79 Å². The van der Waals surface area contributed by atoms with Crippen molar-refractivity contribution in [1.82, 2.24) is 10.3 Å². The van der Waals surface area contributed by atoms with Gasteiger partial charge in [0.2, 0.25) is 0 Å². The third-order valence-electron chi connectivity index (χ3n) is 2.76. The van der Waals surface area contributed by atoms with Gasteiger partial charge in [-0.05, 0) is 13.3 Å². The number of nitrogens with zero attached hydrogens (tertiary/aromatic N) is 1. The van der Waals surface area contributed by atoms with E-state index in [1.54, 1.807) is 0 Å². The number of unbranched alkanes of at least 4 members (excludes halogenated alkanes) is 2. The molecule has 1 rings (SSSR count). The molecular weight excluding hydrogens is 230 g/mol. The number of nitrogens with two attached hydrogens (primary N) is 1. The molecule has 0 aliphatic carbocycles. The summed E-state index contributed by atoms with van der Waals surface area (Å²) in [5.74, 6) is 0.340. The van der Waals surface area contributed by atoms with Crippen LogP contribution in [0.2, 0.25) is 0 Å². The fourth-order valence-electron chi connectivity index (χ4n) is 1.72. The predicted octanol–water partition coefficient (Wildman–Crippen LogP) is 1.87. The Labute approximate surface area is 108 Å². The summed E-state index contributed by atoms with van der Waals surface area (Å²) in [4.78, 5) is 15.9. The van der Waals surface area contributed by atoms with E-state index < -0.39 is 0 Å². The molecule has 1 aromatic rings. The van der Waals surface area contributed by atoms with Crippen LogP contribution in [0.25, 0.3) is 0 Å². The van der Waals surface area contributed by atoms with Crippen LogP contribution >= 0.6 is 0 Å². The smallest absolute Gasteiger partial charge is 0.273 e. The highest BCUT2D eigenvalue weighted by molar-refractivity contribution is 5.92. The lowest BCUT2D eigenvalue weighted by Gasteiger charge is -2.12. The van der Waals surface area contributed by atoms with Gasteiger partial charge < -0.3 is 15.5 Å². The minimum Gasteiger partial charge on any atom is -0.448 e. The molecule has 0 aromatic carbocycles. The van der Waals surface area contributed by atoms with Crippen LogP contribution in [0, 0.1) is 0 Å². The van der Waals surface area contributed by atoms with E-state index in [1.807, 2.05) is 6.92 Å². The molecule has 5 heteroatoms. The second kappa shape index (κ2) is 7.87. The molecule has 1 aromatic heterocycles. The van der Waals surface area contributed by atoms with Crippen LogP contribution < -0.4 is 11.1 Å². The van der Waals surface area contributed by atoms with E-state index >= 15 is 0 Å². The molecule has 1 heterocycles. The van der Waals surface area contributed by atoms with Gasteiger partial charge in [0.05, 0.1) is 0 Å². The Morgan fingerprint density at radius 3 is 3.00 bits per heavy atom. The molecular formula is C13H23N3O2. The summed E-state index contributed by atoms with van der Waals surface area (Å²) in [5, 5.41) is 2.92. The van der Waals surface area contributed by atoms with Gasteiger partial charge >= 0.3 is 0 Å². The van der Waals surface area contributed by atoms with Crippen molar-refractivity contribution in [2.45, 2.75) is 52.0 Å². The Morgan fingerprint density at radius 1 is 1.56 bits per heavy atom. The van der Waals surface area contributed by atoms with Crippen molar-refractivity contribution in [2.24, 2.45) is 5.73 Å². The number of amides is 1. The Balaban J connectivity index is 2.38. The lowest BCUT2D eigenvalue weighted by atomic mass is 10.1. The van der Waals surface area contributed by atoms with Gasteiger partial charge in [0.15, 0.2) is 11.6 Å². The predicted molar refractivity (Wildman–Crippen MR) is 70.3 cm³/mol. The summed E-state index contributed by atoms with van der Waals surface area (Å²) in [6.45, 7) is 4.64. The van der Waals surface area contributed by atoms with Crippen LogP contribution in [-0.2, 0) is 6.42 Å². The lowest BCUT2D eigenvalue weighted by Crippen LogP contribution is -2.32. The molecule has 0 aliphatic heterocycles. The molecule has 0 spiro atoms. The van der Waals surface area contributed by atoms with Gasteiger partial charge in [0.1, 0.15) is 6.26 Å².